The van der Waals surface area contributed by atoms with Crippen LogP contribution in [-0.2, 0) is 4.79 Å². The van der Waals surface area contributed by atoms with E-state index in [9.17, 15) is 4.79 Å². The van der Waals surface area contributed by atoms with Crippen molar-refractivity contribution in [1.82, 2.24) is 5.32 Å². The fraction of sp³-hybridized carbons (Fsp3) is 0.462. The minimum atomic E-state index is 0.143. The highest BCUT2D eigenvalue weighted by Crippen LogP contribution is 2.28. The van der Waals surface area contributed by atoms with Gasteiger partial charge >= 0.3 is 0 Å². The minimum absolute atomic E-state index is 0.143. The minimum Gasteiger partial charge on any atom is -0.368 e. The molecule has 1 saturated heterocycles. The van der Waals surface area contributed by atoms with Crippen molar-refractivity contribution in [2.24, 2.45) is 0 Å². The average molecular weight is 297 g/mol. The van der Waals surface area contributed by atoms with E-state index in [1.165, 1.54) is 5.69 Å². The Bertz CT molecular complexity index is 408. The van der Waals surface area contributed by atoms with Crippen LogP contribution in [0.3, 0.4) is 0 Å². The number of nitrogens with one attached hydrogen (secondary N) is 1. The summed E-state index contributed by atoms with van der Waals surface area (Å²) in [7, 11) is 0. The molecule has 1 fully saturated rings. The lowest BCUT2D eigenvalue weighted by atomic mass is 10.2. The van der Waals surface area contributed by atoms with Gasteiger partial charge in [0.15, 0.2) is 0 Å². The Labute approximate surface area is 110 Å². The smallest absolute Gasteiger partial charge is 0.219 e. The Balaban J connectivity index is 1.98. The van der Waals surface area contributed by atoms with Crippen LogP contribution in [0.4, 0.5) is 5.69 Å². The van der Waals surface area contributed by atoms with Crippen LogP contribution in [0.5, 0.6) is 0 Å². The van der Waals surface area contributed by atoms with Gasteiger partial charge in [-0.05, 0) is 34.5 Å². The van der Waals surface area contributed by atoms with Gasteiger partial charge in [0.05, 0.1) is 5.69 Å². The maximum absolute atomic E-state index is 11.3. The first kappa shape index (κ1) is 12.4. The summed E-state index contributed by atoms with van der Waals surface area (Å²) in [5.41, 5.74) is 1.21. The highest BCUT2D eigenvalue weighted by molar-refractivity contribution is 9.10. The standard InChI is InChI=1S/C13H17BrN2O/c1-2-13(17)15-10-7-8-16(9-10)12-6-4-3-5-11(12)14/h3-6,10H,2,7-9H2,1H3,(H,15,17)/t10-/m0/s1. The van der Waals surface area contributed by atoms with Crippen molar-refractivity contribution >= 4 is 27.5 Å². The second-order valence-electron chi connectivity index (χ2n) is 4.30. The first-order chi connectivity index (χ1) is 8.20. The molecule has 1 N–H and O–H groups in total. The molecule has 0 spiro atoms. The number of hydrogen-bond acceptors (Lipinski definition) is 2. The van der Waals surface area contributed by atoms with Crippen LogP contribution in [-0.4, -0.2) is 25.0 Å². The zero-order valence-electron chi connectivity index (χ0n) is 9.95. The average Bonchev–Trinajstić information content (AvgIpc) is 2.78. The molecule has 0 saturated carbocycles. The van der Waals surface area contributed by atoms with Crippen LogP contribution < -0.4 is 10.2 Å². The van der Waals surface area contributed by atoms with Crippen molar-refractivity contribution in [3.8, 4) is 0 Å². The Hall–Kier alpha value is -1.03. The summed E-state index contributed by atoms with van der Waals surface area (Å²) in [4.78, 5) is 13.6. The number of carbonyl (C=O) groups excluding carboxylic acids is 1. The molecule has 0 unspecified atom stereocenters. The Morgan fingerprint density at radius 1 is 1.53 bits per heavy atom. The quantitative estimate of drug-likeness (QED) is 0.930. The second-order valence-corrected chi connectivity index (χ2v) is 5.16. The molecular formula is C13H17BrN2O. The van der Waals surface area contributed by atoms with Crippen LogP contribution >= 0.6 is 15.9 Å². The molecule has 0 aliphatic carbocycles. The number of para-hydroxylation sites is 1. The molecule has 1 aromatic rings. The molecule has 0 radical (unpaired) electrons. The van der Waals surface area contributed by atoms with Crippen molar-refractivity contribution in [1.29, 1.82) is 0 Å². The lowest BCUT2D eigenvalue weighted by molar-refractivity contribution is -0.121. The molecule has 1 atom stereocenters. The monoisotopic (exact) mass is 296 g/mol. The maximum atomic E-state index is 11.3. The predicted molar refractivity (Wildman–Crippen MR) is 73.2 cm³/mol. The maximum Gasteiger partial charge on any atom is 0.219 e. The lowest BCUT2D eigenvalue weighted by Gasteiger charge is -2.20. The van der Waals surface area contributed by atoms with Crippen molar-refractivity contribution in [2.75, 3.05) is 18.0 Å². The van der Waals surface area contributed by atoms with E-state index in [2.05, 4.69) is 32.2 Å². The van der Waals surface area contributed by atoms with Crippen molar-refractivity contribution in [3.63, 3.8) is 0 Å². The van der Waals surface area contributed by atoms with Gasteiger partial charge in [-0.3, -0.25) is 4.79 Å². The van der Waals surface area contributed by atoms with Gasteiger partial charge in [0, 0.05) is 30.0 Å². The van der Waals surface area contributed by atoms with E-state index in [1.807, 2.05) is 25.1 Å². The van der Waals surface area contributed by atoms with Gasteiger partial charge in [-0.1, -0.05) is 19.1 Å². The van der Waals surface area contributed by atoms with Crippen molar-refractivity contribution < 1.29 is 4.79 Å². The summed E-state index contributed by atoms with van der Waals surface area (Å²) in [6.07, 6.45) is 1.58. The summed E-state index contributed by atoms with van der Waals surface area (Å²) < 4.78 is 1.11. The molecule has 3 nitrogen and oxygen atoms in total. The number of anilines is 1. The van der Waals surface area contributed by atoms with E-state index in [1.54, 1.807) is 0 Å². The van der Waals surface area contributed by atoms with E-state index < -0.39 is 0 Å². The molecular weight excluding hydrogens is 280 g/mol. The molecule has 17 heavy (non-hydrogen) atoms. The molecule has 1 aromatic carbocycles. The Morgan fingerprint density at radius 2 is 2.29 bits per heavy atom. The fourth-order valence-electron chi connectivity index (χ4n) is 2.13. The second kappa shape index (κ2) is 5.54. The Kier molecular flexibility index (Phi) is 4.05. The molecule has 1 aliphatic heterocycles. The molecule has 1 amide bonds. The first-order valence-corrected chi connectivity index (χ1v) is 6.79. The number of amides is 1. The van der Waals surface area contributed by atoms with E-state index in [0.29, 0.717) is 6.42 Å². The van der Waals surface area contributed by atoms with Gasteiger partial charge in [-0.15, -0.1) is 0 Å². The van der Waals surface area contributed by atoms with E-state index in [0.717, 1.165) is 24.0 Å². The number of halogens is 1. The van der Waals surface area contributed by atoms with E-state index in [4.69, 9.17) is 0 Å². The normalized spacial score (nSPS) is 19.4. The largest absolute Gasteiger partial charge is 0.368 e. The van der Waals surface area contributed by atoms with Gasteiger partial charge in [0.2, 0.25) is 5.91 Å². The Morgan fingerprint density at radius 3 is 3.00 bits per heavy atom. The zero-order valence-corrected chi connectivity index (χ0v) is 11.5. The molecule has 1 aliphatic rings. The third kappa shape index (κ3) is 3.00. The SMILES string of the molecule is CCC(=O)N[C@H]1CCN(c2ccccc2Br)C1. The summed E-state index contributed by atoms with van der Waals surface area (Å²) in [6.45, 7) is 3.78. The van der Waals surface area contributed by atoms with Crippen LogP contribution in [0.25, 0.3) is 0 Å². The topological polar surface area (TPSA) is 32.3 Å². The summed E-state index contributed by atoms with van der Waals surface area (Å²) in [5.74, 6) is 0.143. The van der Waals surface area contributed by atoms with Crippen LogP contribution in [0.2, 0.25) is 0 Å². The zero-order chi connectivity index (χ0) is 12.3. The molecule has 92 valence electrons. The molecule has 4 heteroatoms. The van der Waals surface area contributed by atoms with Gasteiger partial charge < -0.3 is 10.2 Å². The third-order valence-electron chi connectivity index (χ3n) is 3.07. The molecule has 2 rings (SSSR count). The van der Waals surface area contributed by atoms with Crippen molar-refractivity contribution in [2.45, 2.75) is 25.8 Å². The number of rotatable bonds is 3. The number of hydrogen-bond donors (Lipinski definition) is 1. The van der Waals surface area contributed by atoms with E-state index >= 15 is 0 Å². The van der Waals surface area contributed by atoms with Gasteiger partial charge in [0.1, 0.15) is 0 Å². The van der Waals surface area contributed by atoms with Crippen LogP contribution in [0.15, 0.2) is 28.7 Å². The highest BCUT2D eigenvalue weighted by Gasteiger charge is 2.24. The highest BCUT2D eigenvalue weighted by atomic mass is 79.9. The molecule has 1 heterocycles. The van der Waals surface area contributed by atoms with Gasteiger partial charge in [0.25, 0.3) is 0 Å². The van der Waals surface area contributed by atoms with Crippen LogP contribution in [0, 0.1) is 0 Å². The predicted octanol–water partition coefficient (Wildman–Crippen LogP) is 2.55. The lowest BCUT2D eigenvalue weighted by Crippen LogP contribution is -2.36. The van der Waals surface area contributed by atoms with E-state index in [-0.39, 0.29) is 11.9 Å². The molecule has 0 aromatic heterocycles. The number of carbonyl (C=O) groups is 1. The first-order valence-electron chi connectivity index (χ1n) is 5.99. The molecule has 0 bridgehead atoms. The summed E-state index contributed by atoms with van der Waals surface area (Å²) >= 11 is 3.56. The van der Waals surface area contributed by atoms with Crippen LogP contribution in [0.1, 0.15) is 19.8 Å². The van der Waals surface area contributed by atoms with Gasteiger partial charge in [-0.25, -0.2) is 0 Å². The summed E-state index contributed by atoms with van der Waals surface area (Å²) in [5, 5.41) is 3.05. The third-order valence-corrected chi connectivity index (χ3v) is 3.74. The summed E-state index contributed by atoms with van der Waals surface area (Å²) in [6, 6.07) is 8.49. The van der Waals surface area contributed by atoms with Crippen molar-refractivity contribution in [3.05, 3.63) is 28.7 Å². The number of benzene rings is 1. The fourth-order valence-corrected chi connectivity index (χ4v) is 2.67. The number of nitrogens with zero attached hydrogens (tertiary/aromatic N) is 1. The van der Waals surface area contributed by atoms with Gasteiger partial charge in [-0.2, -0.15) is 0 Å².